The number of ether oxygens (including phenoxy) is 1. The third-order valence-electron chi connectivity index (χ3n) is 6.66. The first-order valence-corrected chi connectivity index (χ1v) is 9.81. The smallest absolute Gasteiger partial charge is 0.307 e. The van der Waals surface area contributed by atoms with E-state index < -0.39 is 5.97 Å². The van der Waals surface area contributed by atoms with Crippen LogP contribution in [0.25, 0.3) is 0 Å². The Kier molecular flexibility index (Phi) is 4.56. The molecule has 2 atom stereocenters. The molecule has 3 aliphatic rings. The SMILES string of the molecule is COc1ccc(C)cc1N1CC(C(=O)N2CCC3(CC2)CC3C(=O)O)CC1=O. The van der Waals surface area contributed by atoms with Gasteiger partial charge < -0.3 is 19.6 Å². The number of anilines is 1. The summed E-state index contributed by atoms with van der Waals surface area (Å²) in [4.78, 5) is 40.3. The van der Waals surface area contributed by atoms with Gasteiger partial charge in [-0.05, 0) is 49.3 Å². The van der Waals surface area contributed by atoms with E-state index in [9.17, 15) is 19.5 Å². The van der Waals surface area contributed by atoms with E-state index >= 15 is 0 Å². The van der Waals surface area contributed by atoms with Crippen LogP contribution < -0.4 is 9.64 Å². The maximum Gasteiger partial charge on any atom is 0.307 e. The average Bonchev–Trinajstić information content (AvgIpc) is 3.24. The molecule has 7 nitrogen and oxygen atoms in total. The molecule has 2 unspecified atom stereocenters. The molecule has 4 rings (SSSR count). The molecule has 1 aromatic carbocycles. The molecule has 0 radical (unpaired) electrons. The van der Waals surface area contributed by atoms with E-state index in [0.29, 0.717) is 31.1 Å². The van der Waals surface area contributed by atoms with Crippen molar-refractivity contribution in [3.63, 3.8) is 0 Å². The van der Waals surface area contributed by atoms with Crippen LogP contribution in [0.2, 0.25) is 0 Å². The lowest BCUT2D eigenvalue weighted by Crippen LogP contribution is -2.43. The van der Waals surface area contributed by atoms with Crippen LogP contribution in [0.4, 0.5) is 5.69 Å². The zero-order valence-corrected chi connectivity index (χ0v) is 16.3. The largest absolute Gasteiger partial charge is 0.495 e. The third-order valence-corrected chi connectivity index (χ3v) is 6.66. The predicted octanol–water partition coefficient (Wildman–Crippen LogP) is 2.07. The van der Waals surface area contributed by atoms with Crippen LogP contribution in [0.5, 0.6) is 5.75 Å². The minimum Gasteiger partial charge on any atom is -0.495 e. The van der Waals surface area contributed by atoms with Gasteiger partial charge in [-0.25, -0.2) is 0 Å². The summed E-state index contributed by atoms with van der Waals surface area (Å²) < 4.78 is 5.40. The van der Waals surface area contributed by atoms with Gasteiger partial charge in [-0.15, -0.1) is 0 Å². The summed E-state index contributed by atoms with van der Waals surface area (Å²) in [6, 6.07) is 5.68. The van der Waals surface area contributed by atoms with E-state index in [4.69, 9.17) is 4.74 Å². The summed E-state index contributed by atoms with van der Waals surface area (Å²) in [6.45, 7) is 3.48. The first kappa shape index (κ1) is 18.8. The van der Waals surface area contributed by atoms with Crippen LogP contribution in [0.15, 0.2) is 18.2 Å². The molecular formula is C21H26N2O5. The standard InChI is InChI=1S/C21H26N2O5/c1-13-3-4-17(28-2)16(9-13)23-12-14(10-18(23)24)19(25)22-7-5-21(6-8-22)11-15(21)20(26)27/h3-4,9,14-15H,5-8,10-12H2,1-2H3,(H,26,27). The second-order valence-electron chi connectivity index (χ2n) is 8.36. The van der Waals surface area contributed by atoms with Crippen molar-refractivity contribution in [3.05, 3.63) is 23.8 Å². The van der Waals surface area contributed by atoms with E-state index in [1.807, 2.05) is 30.0 Å². The molecule has 2 heterocycles. The monoisotopic (exact) mass is 386 g/mol. The number of carbonyl (C=O) groups is 3. The quantitative estimate of drug-likeness (QED) is 0.856. The van der Waals surface area contributed by atoms with Crippen LogP contribution in [-0.4, -0.2) is 54.5 Å². The molecule has 1 N–H and O–H groups in total. The molecule has 3 fully saturated rings. The highest BCUT2D eigenvalue weighted by Gasteiger charge is 2.59. The number of hydrogen-bond donors (Lipinski definition) is 1. The number of carboxylic acid groups (broad SMARTS) is 1. The first-order valence-electron chi connectivity index (χ1n) is 9.81. The number of rotatable bonds is 4. The van der Waals surface area contributed by atoms with Crippen molar-refractivity contribution in [2.24, 2.45) is 17.3 Å². The van der Waals surface area contributed by atoms with Crippen LogP contribution >= 0.6 is 0 Å². The maximum absolute atomic E-state index is 13.0. The fraction of sp³-hybridized carbons (Fsp3) is 0.571. The van der Waals surface area contributed by atoms with Gasteiger partial charge in [0.05, 0.1) is 24.6 Å². The second-order valence-corrected chi connectivity index (χ2v) is 8.36. The molecule has 0 aromatic heterocycles. The molecule has 1 aromatic rings. The number of methoxy groups -OCH3 is 1. The van der Waals surface area contributed by atoms with Crippen LogP contribution in [0, 0.1) is 24.2 Å². The molecule has 1 saturated carbocycles. The third kappa shape index (κ3) is 3.12. The lowest BCUT2D eigenvalue weighted by molar-refractivity contribution is -0.140. The molecule has 150 valence electrons. The highest BCUT2D eigenvalue weighted by Crippen LogP contribution is 2.59. The Morgan fingerprint density at radius 1 is 1.25 bits per heavy atom. The number of aryl methyl sites for hydroxylation is 1. The molecule has 0 bridgehead atoms. The number of carboxylic acids is 1. The van der Waals surface area contributed by atoms with Gasteiger partial charge in [0.25, 0.3) is 0 Å². The minimum absolute atomic E-state index is 0.00449. The van der Waals surface area contributed by atoms with Gasteiger partial charge in [0.2, 0.25) is 11.8 Å². The van der Waals surface area contributed by atoms with Crippen molar-refractivity contribution in [1.29, 1.82) is 0 Å². The minimum atomic E-state index is -0.719. The van der Waals surface area contributed by atoms with Crippen LogP contribution in [0.3, 0.4) is 0 Å². The Morgan fingerprint density at radius 2 is 1.96 bits per heavy atom. The summed E-state index contributed by atoms with van der Waals surface area (Å²) in [5.41, 5.74) is 1.63. The lowest BCUT2D eigenvalue weighted by Gasteiger charge is -2.34. The van der Waals surface area contributed by atoms with Gasteiger partial charge in [-0.3, -0.25) is 14.4 Å². The molecule has 7 heteroatoms. The zero-order valence-electron chi connectivity index (χ0n) is 16.3. The summed E-state index contributed by atoms with van der Waals surface area (Å²) in [7, 11) is 1.57. The number of amides is 2. The van der Waals surface area contributed by atoms with Crippen molar-refractivity contribution >= 4 is 23.5 Å². The Labute approximate surface area is 164 Å². The Morgan fingerprint density at radius 3 is 2.57 bits per heavy atom. The number of nitrogens with zero attached hydrogens (tertiary/aromatic N) is 2. The van der Waals surface area contributed by atoms with Gasteiger partial charge in [-0.2, -0.15) is 0 Å². The normalized spacial score (nSPS) is 25.9. The molecule has 2 aliphatic heterocycles. The van der Waals surface area contributed by atoms with Crippen molar-refractivity contribution in [2.75, 3.05) is 31.6 Å². The van der Waals surface area contributed by atoms with Crippen LogP contribution in [0.1, 0.15) is 31.2 Å². The van der Waals surface area contributed by atoms with E-state index in [1.165, 1.54) is 0 Å². The number of carbonyl (C=O) groups excluding carboxylic acids is 2. The molecule has 28 heavy (non-hydrogen) atoms. The van der Waals surface area contributed by atoms with Crippen LogP contribution in [-0.2, 0) is 14.4 Å². The second kappa shape index (κ2) is 6.79. The van der Waals surface area contributed by atoms with Crippen molar-refractivity contribution in [3.8, 4) is 5.75 Å². The molecule has 1 aliphatic carbocycles. The zero-order chi connectivity index (χ0) is 20.1. The fourth-order valence-electron chi connectivity index (χ4n) is 4.80. The van der Waals surface area contributed by atoms with Gasteiger partial charge >= 0.3 is 5.97 Å². The fourth-order valence-corrected chi connectivity index (χ4v) is 4.80. The van der Waals surface area contributed by atoms with Crippen molar-refractivity contribution in [2.45, 2.75) is 32.6 Å². The summed E-state index contributed by atoms with van der Waals surface area (Å²) in [5.74, 6) is -0.763. The number of piperidine rings is 1. The Hall–Kier alpha value is -2.57. The first-order chi connectivity index (χ1) is 13.3. The predicted molar refractivity (Wildman–Crippen MR) is 102 cm³/mol. The van der Waals surface area contributed by atoms with E-state index in [-0.39, 0.29) is 35.5 Å². The molecule has 2 saturated heterocycles. The summed E-state index contributed by atoms with van der Waals surface area (Å²) >= 11 is 0. The highest BCUT2D eigenvalue weighted by molar-refractivity contribution is 6.01. The number of hydrogen-bond acceptors (Lipinski definition) is 4. The Balaban J connectivity index is 1.41. The molecule has 1 spiro atoms. The van der Waals surface area contributed by atoms with Gasteiger partial charge in [0.15, 0.2) is 0 Å². The molecule has 2 amide bonds. The highest BCUT2D eigenvalue weighted by atomic mass is 16.5. The summed E-state index contributed by atoms with van der Waals surface area (Å²) in [6.07, 6.45) is 2.42. The van der Waals surface area contributed by atoms with Gasteiger partial charge in [-0.1, -0.05) is 6.07 Å². The van der Waals surface area contributed by atoms with E-state index in [0.717, 1.165) is 24.8 Å². The lowest BCUT2D eigenvalue weighted by atomic mass is 9.90. The van der Waals surface area contributed by atoms with Gasteiger partial charge in [0, 0.05) is 26.1 Å². The van der Waals surface area contributed by atoms with Crippen molar-refractivity contribution in [1.82, 2.24) is 4.90 Å². The van der Waals surface area contributed by atoms with E-state index in [2.05, 4.69) is 0 Å². The number of benzene rings is 1. The van der Waals surface area contributed by atoms with E-state index in [1.54, 1.807) is 12.0 Å². The maximum atomic E-state index is 13.0. The number of likely N-dealkylation sites (tertiary alicyclic amines) is 1. The number of aliphatic carboxylic acids is 1. The topological polar surface area (TPSA) is 87.2 Å². The molecular weight excluding hydrogens is 360 g/mol. The summed E-state index contributed by atoms with van der Waals surface area (Å²) in [5, 5.41) is 9.21. The van der Waals surface area contributed by atoms with Crippen molar-refractivity contribution < 1.29 is 24.2 Å². The average molecular weight is 386 g/mol. The van der Waals surface area contributed by atoms with Gasteiger partial charge in [0.1, 0.15) is 5.75 Å². The Bertz CT molecular complexity index is 828.